The first kappa shape index (κ1) is 22.0. The SMILES string of the molecule is CCC(CC[C@@H](C)[C@H]1CC[C@H]2[C@@H]3CCC4CC=CC[C@]4(C)[C@H]3CC[C@]12C)C(C)C. The molecule has 0 radical (unpaired) electrons. The van der Waals surface area contributed by atoms with Crippen LogP contribution in [0.1, 0.15) is 112 Å². The Balaban J connectivity index is 1.46. The second-order valence-electron chi connectivity index (χ2n) is 12.8. The summed E-state index contributed by atoms with van der Waals surface area (Å²) in [6.07, 6.45) is 21.3. The van der Waals surface area contributed by atoms with Gasteiger partial charge in [0.2, 0.25) is 0 Å². The number of allylic oxidation sites excluding steroid dienone is 2. The summed E-state index contributed by atoms with van der Waals surface area (Å²) in [5, 5.41) is 0. The van der Waals surface area contributed by atoms with E-state index in [1.54, 1.807) is 12.8 Å². The minimum Gasteiger partial charge on any atom is -0.0882 e. The van der Waals surface area contributed by atoms with Gasteiger partial charge in [0.25, 0.3) is 0 Å². The summed E-state index contributed by atoms with van der Waals surface area (Å²) in [6, 6.07) is 0. The lowest BCUT2D eigenvalue weighted by molar-refractivity contribution is -0.101. The molecular formula is C29H50. The molecule has 2 unspecified atom stereocenters. The summed E-state index contributed by atoms with van der Waals surface area (Å²) in [6.45, 7) is 15.3. The van der Waals surface area contributed by atoms with Crippen LogP contribution < -0.4 is 0 Å². The van der Waals surface area contributed by atoms with Crippen molar-refractivity contribution in [3.05, 3.63) is 12.2 Å². The van der Waals surface area contributed by atoms with Crippen LogP contribution in [0.2, 0.25) is 0 Å². The maximum Gasteiger partial charge on any atom is -0.0229 e. The zero-order chi connectivity index (χ0) is 20.8. The molecule has 29 heavy (non-hydrogen) atoms. The quantitative estimate of drug-likeness (QED) is 0.392. The van der Waals surface area contributed by atoms with Gasteiger partial charge in [0.05, 0.1) is 0 Å². The second-order valence-corrected chi connectivity index (χ2v) is 12.8. The molecule has 0 aromatic carbocycles. The molecule has 0 amide bonds. The lowest BCUT2D eigenvalue weighted by atomic mass is 9.45. The largest absolute Gasteiger partial charge is 0.0882 e. The molecule has 0 aromatic rings. The first-order chi connectivity index (χ1) is 13.8. The molecule has 4 rings (SSSR count). The molecule has 0 heteroatoms. The van der Waals surface area contributed by atoms with Gasteiger partial charge in [-0.3, -0.25) is 0 Å². The van der Waals surface area contributed by atoms with E-state index in [2.05, 4.69) is 53.7 Å². The zero-order valence-corrected chi connectivity index (χ0v) is 20.6. The lowest BCUT2D eigenvalue weighted by Gasteiger charge is -2.60. The molecule has 0 nitrogen and oxygen atoms in total. The van der Waals surface area contributed by atoms with Gasteiger partial charge in [-0.15, -0.1) is 0 Å². The molecule has 0 heterocycles. The fraction of sp³-hybridized carbons (Fsp3) is 0.931. The summed E-state index contributed by atoms with van der Waals surface area (Å²) in [7, 11) is 0. The predicted molar refractivity (Wildman–Crippen MR) is 127 cm³/mol. The van der Waals surface area contributed by atoms with Gasteiger partial charge in [0.1, 0.15) is 0 Å². The fourth-order valence-corrected chi connectivity index (χ4v) is 9.50. The van der Waals surface area contributed by atoms with E-state index in [1.807, 2.05) is 0 Å². The Hall–Kier alpha value is -0.260. The molecule has 9 atom stereocenters. The van der Waals surface area contributed by atoms with E-state index in [1.165, 1.54) is 57.8 Å². The summed E-state index contributed by atoms with van der Waals surface area (Å²) in [5.41, 5.74) is 1.27. The summed E-state index contributed by atoms with van der Waals surface area (Å²) < 4.78 is 0. The van der Waals surface area contributed by atoms with Crippen LogP contribution in [-0.4, -0.2) is 0 Å². The minimum absolute atomic E-state index is 0.619. The van der Waals surface area contributed by atoms with E-state index in [0.717, 1.165) is 47.3 Å². The van der Waals surface area contributed by atoms with Gasteiger partial charge in [-0.05, 0) is 116 Å². The Bertz CT molecular complexity index is 587. The van der Waals surface area contributed by atoms with Crippen molar-refractivity contribution in [3.8, 4) is 0 Å². The maximum atomic E-state index is 2.75. The van der Waals surface area contributed by atoms with Crippen LogP contribution in [0.15, 0.2) is 12.2 Å². The third kappa shape index (κ3) is 3.67. The van der Waals surface area contributed by atoms with Gasteiger partial charge in [-0.25, -0.2) is 0 Å². The van der Waals surface area contributed by atoms with Crippen LogP contribution in [0.3, 0.4) is 0 Å². The van der Waals surface area contributed by atoms with E-state index in [0.29, 0.717) is 10.8 Å². The van der Waals surface area contributed by atoms with Crippen molar-refractivity contribution in [2.24, 2.45) is 58.2 Å². The third-order valence-electron chi connectivity index (χ3n) is 11.4. The molecule has 4 aliphatic rings. The van der Waals surface area contributed by atoms with E-state index in [4.69, 9.17) is 0 Å². The van der Waals surface area contributed by atoms with Crippen molar-refractivity contribution in [3.63, 3.8) is 0 Å². The van der Waals surface area contributed by atoms with Gasteiger partial charge >= 0.3 is 0 Å². The van der Waals surface area contributed by atoms with Gasteiger partial charge < -0.3 is 0 Å². The molecule has 0 spiro atoms. The number of hydrogen-bond acceptors (Lipinski definition) is 0. The molecular weight excluding hydrogens is 348 g/mol. The van der Waals surface area contributed by atoms with E-state index in [9.17, 15) is 0 Å². The molecule has 166 valence electrons. The van der Waals surface area contributed by atoms with Crippen molar-refractivity contribution in [2.45, 2.75) is 112 Å². The van der Waals surface area contributed by atoms with Crippen LogP contribution in [0.25, 0.3) is 0 Å². The first-order valence-corrected chi connectivity index (χ1v) is 13.5. The summed E-state index contributed by atoms with van der Waals surface area (Å²) >= 11 is 0. The van der Waals surface area contributed by atoms with Crippen molar-refractivity contribution in [1.29, 1.82) is 0 Å². The highest BCUT2D eigenvalue weighted by molar-refractivity contribution is 5.12. The Labute approximate surface area is 182 Å². The summed E-state index contributed by atoms with van der Waals surface area (Å²) in [5.74, 6) is 7.79. The zero-order valence-electron chi connectivity index (χ0n) is 20.6. The molecule has 0 saturated heterocycles. The molecule has 0 N–H and O–H groups in total. The monoisotopic (exact) mass is 398 g/mol. The highest BCUT2D eigenvalue weighted by atomic mass is 14.6. The normalized spacial score (nSPS) is 46.1. The van der Waals surface area contributed by atoms with Crippen LogP contribution in [0.4, 0.5) is 0 Å². The van der Waals surface area contributed by atoms with Crippen molar-refractivity contribution in [1.82, 2.24) is 0 Å². The Morgan fingerprint density at radius 2 is 1.62 bits per heavy atom. The van der Waals surface area contributed by atoms with Crippen molar-refractivity contribution < 1.29 is 0 Å². The highest BCUT2D eigenvalue weighted by Crippen LogP contribution is 2.68. The Morgan fingerprint density at radius 3 is 2.34 bits per heavy atom. The molecule has 0 aliphatic heterocycles. The third-order valence-corrected chi connectivity index (χ3v) is 11.4. The Morgan fingerprint density at radius 1 is 0.862 bits per heavy atom. The highest BCUT2D eigenvalue weighted by Gasteiger charge is 2.59. The van der Waals surface area contributed by atoms with E-state index < -0.39 is 0 Å². The van der Waals surface area contributed by atoms with Gasteiger partial charge in [0.15, 0.2) is 0 Å². The van der Waals surface area contributed by atoms with Gasteiger partial charge in [-0.1, -0.05) is 66.5 Å². The van der Waals surface area contributed by atoms with Gasteiger partial charge in [0, 0.05) is 0 Å². The smallest absolute Gasteiger partial charge is 0.0229 e. The van der Waals surface area contributed by atoms with Gasteiger partial charge in [-0.2, -0.15) is 0 Å². The predicted octanol–water partition coefficient (Wildman–Crippen LogP) is 8.91. The van der Waals surface area contributed by atoms with E-state index >= 15 is 0 Å². The second kappa shape index (κ2) is 8.35. The minimum atomic E-state index is 0.619. The fourth-order valence-electron chi connectivity index (χ4n) is 9.50. The standard InChI is InChI=1S/C29H50/c1-7-22(20(2)3)12-11-21(4)25-15-16-26-24-14-13-23-10-8-9-18-28(23,5)27(24)17-19-29(25,26)6/h8-9,20-27H,7,10-19H2,1-6H3/t21-,22?,23?,24+,25-,26+,27+,28+,29-/m1/s1. The molecule has 3 saturated carbocycles. The summed E-state index contributed by atoms with van der Waals surface area (Å²) in [4.78, 5) is 0. The number of hydrogen-bond donors (Lipinski definition) is 0. The molecule has 4 aliphatic carbocycles. The lowest BCUT2D eigenvalue weighted by Crippen LogP contribution is -2.52. The van der Waals surface area contributed by atoms with Crippen LogP contribution in [0, 0.1) is 58.2 Å². The maximum absolute atomic E-state index is 2.75. The van der Waals surface area contributed by atoms with E-state index in [-0.39, 0.29) is 0 Å². The topological polar surface area (TPSA) is 0 Å². The number of fused-ring (bicyclic) bond motifs is 5. The average molecular weight is 399 g/mol. The van der Waals surface area contributed by atoms with Crippen LogP contribution >= 0.6 is 0 Å². The Kier molecular flexibility index (Phi) is 6.32. The van der Waals surface area contributed by atoms with Crippen molar-refractivity contribution in [2.75, 3.05) is 0 Å². The van der Waals surface area contributed by atoms with Crippen LogP contribution in [-0.2, 0) is 0 Å². The molecule has 0 bridgehead atoms. The first-order valence-electron chi connectivity index (χ1n) is 13.5. The molecule has 0 aromatic heterocycles. The van der Waals surface area contributed by atoms with Crippen molar-refractivity contribution >= 4 is 0 Å². The van der Waals surface area contributed by atoms with Crippen LogP contribution in [0.5, 0.6) is 0 Å². The molecule has 3 fully saturated rings. The number of rotatable bonds is 6. The average Bonchev–Trinajstić information content (AvgIpc) is 3.05.